The molecule has 0 aromatic rings. The van der Waals surface area contributed by atoms with Crippen molar-refractivity contribution in [2.75, 3.05) is 26.7 Å². The average Bonchev–Trinajstić information content (AvgIpc) is 2.84. The van der Waals surface area contributed by atoms with Gasteiger partial charge in [0.2, 0.25) is 11.8 Å². The molecule has 0 aliphatic carbocycles. The predicted molar refractivity (Wildman–Crippen MR) is 101 cm³/mol. The number of carbonyl (C=O) groups excluding carboxylic acids is 2. The van der Waals surface area contributed by atoms with E-state index in [0.717, 1.165) is 51.7 Å². The minimum atomic E-state index is 0.135. The monoisotopic (exact) mass is 351 g/mol. The van der Waals surface area contributed by atoms with E-state index in [2.05, 4.69) is 23.6 Å². The van der Waals surface area contributed by atoms with E-state index in [1.807, 2.05) is 11.9 Å². The molecule has 2 amide bonds. The van der Waals surface area contributed by atoms with Crippen LogP contribution in [-0.4, -0.2) is 71.3 Å². The number of nitrogens with zero attached hydrogens (tertiary/aromatic N) is 3. The van der Waals surface area contributed by atoms with Crippen LogP contribution in [0.15, 0.2) is 0 Å². The minimum absolute atomic E-state index is 0.135. The molecule has 5 nitrogen and oxygen atoms in total. The van der Waals surface area contributed by atoms with Gasteiger partial charge in [-0.2, -0.15) is 0 Å². The maximum Gasteiger partial charge on any atom is 0.223 e. The predicted octanol–water partition coefficient (Wildman–Crippen LogP) is 2.89. The molecule has 2 fully saturated rings. The highest BCUT2D eigenvalue weighted by Crippen LogP contribution is 2.37. The van der Waals surface area contributed by atoms with Crippen molar-refractivity contribution in [3.05, 3.63) is 0 Å². The molecule has 2 aliphatic rings. The van der Waals surface area contributed by atoms with Crippen LogP contribution in [-0.2, 0) is 9.59 Å². The number of carbonyl (C=O) groups is 2. The summed E-state index contributed by atoms with van der Waals surface area (Å²) in [6.45, 7) is 9.37. The number of hydrogen-bond acceptors (Lipinski definition) is 3. The van der Waals surface area contributed by atoms with Gasteiger partial charge in [0.05, 0.1) is 0 Å². The van der Waals surface area contributed by atoms with Gasteiger partial charge >= 0.3 is 0 Å². The van der Waals surface area contributed by atoms with E-state index < -0.39 is 0 Å². The third kappa shape index (κ3) is 5.19. The van der Waals surface area contributed by atoms with Crippen LogP contribution in [0.5, 0.6) is 0 Å². The van der Waals surface area contributed by atoms with Gasteiger partial charge in [-0.15, -0.1) is 0 Å². The van der Waals surface area contributed by atoms with Crippen molar-refractivity contribution in [3.63, 3.8) is 0 Å². The van der Waals surface area contributed by atoms with Crippen molar-refractivity contribution in [2.45, 2.75) is 90.3 Å². The summed E-state index contributed by atoms with van der Waals surface area (Å²) in [5.41, 5.74) is 0. The maximum absolute atomic E-state index is 12.8. The Hall–Kier alpha value is -1.10. The average molecular weight is 352 g/mol. The lowest BCUT2D eigenvalue weighted by atomic mass is 9.95. The molecular weight excluding hydrogens is 314 g/mol. The lowest BCUT2D eigenvalue weighted by Gasteiger charge is -2.42. The van der Waals surface area contributed by atoms with Gasteiger partial charge in [0.1, 0.15) is 0 Å². The van der Waals surface area contributed by atoms with Crippen molar-refractivity contribution in [1.82, 2.24) is 14.7 Å². The molecule has 2 atom stereocenters. The number of amides is 2. The largest absolute Gasteiger partial charge is 0.343 e. The zero-order valence-corrected chi connectivity index (χ0v) is 16.7. The molecule has 25 heavy (non-hydrogen) atoms. The molecule has 0 aromatic carbocycles. The van der Waals surface area contributed by atoms with Gasteiger partial charge in [-0.25, -0.2) is 0 Å². The van der Waals surface area contributed by atoms with Crippen molar-refractivity contribution in [3.8, 4) is 0 Å². The summed E-state index contributed by atoms with van der Waals surface area (Å²) < 4.78 is 0. The van der Waals surface area contributed by atoms with Crippen LogP contribution in [0.25, 0.3) is 0 Å². The SMILES string of the molecule is CCCN(CCC)CCCC(=O)N1C2CCC1CC(N(C)C(C)=O)C2. The zero-order chi connectivity index (χ0) is 18.4. The van der Waals surface area contributed by atoms with Crippen molar-refractivity contribution < 1.29 is 9.59 Å². The summed E-state index contributed by atoms with van der Waals surface area (Å²) in [7, 11) is 1.90. The Morgan fingerprint density at radius 2 is 1.56 bits per heavy atom. The van der Waals surface area contributed by atoms with E-state index in [1.54, 1.807) is 6.92 Å². The van der Waals surface area contributed by atoms with Crippen LogP contribution in [0.3, 0.4) is 0 Å². The summed E-state index contributed by atoms with van der Waals surface area (Å²) >= 11 is 0. The number of hydrogen-bond donors (Lipinski definition) is 0. The van der Waals surface area contributed by atoms with Gasteiger partial charge in [0.15, 0.2) is 0 Å². The molecule has 2 aliphatic heterocycles. The normalized spacial score (nSPS) is 25.5. The lowest BCUT2D eigenvalue weighted by Crippen LogP contribution is -2.52. The van der Waals surface area contributed by atoms with Crippen molar-refractivity contribution in [2.24, 2.45) is 0 Å². The minimum Gasteiger partial charge on any atom is -0.343 e. The van der Waals surface area contributed by atoms with E-state index in [0.29, 0.717) is 30.5 Å². The molecule has 2 rings (SSSR count). The third-order valence-electron chi connectivity index (χ3n) is 5.99. The second kappa shape index (κ2) is 9.56. The first kappa shape index (κ1) is 20.2. The smallest absolute Gasteiger partial charge is 0.223 e. The maximum atomic E-state index is 12.8. The van der Waals surface area contributed by atoms with Gasteiger partial charge in [0, 0.05) is 38.5 Å². The van der Waals surface area contributed by atoms with Crippen LogP contribution >= 0.6 is 0 Å². The molecule has 2 bridgehead atoms. The summed E-state index contributed by atoms with van der Waals surface area (Å²) in [6, 6.07) is 1.00. The first-order chi connectivity index (χ1) is 12.0. The van der Waals surface area contributed by atoms with Crippen molar-refractivity contribution >= 4 is 11.8 Å². The van der Waals surface area contributed by atoms with Crippen LogP contribution in [0.1, 0.15) is 72.1 Å². The topological polar surface area (TPSA) is 43.9 Å². The Balaban J connectivity index is 1.82. The Kier molecular flexibility index (Phi) is 7.73. The summed E-state index contributed by atoms with van der Waals surface area (Å²) in [4.78, 5) is 31.0. The molecule has 0 spiro atoms. The fourth-order valence-electron chi connectivity index (χ4n) is 4.68. The van der Waals surface area contributed by atoms with Crippen LogP contribution in [0.4, 0.5) is 0 Å². The van der Waals surface area contributed by atoms with E-state index in [4.69, 9.17) is 0 Å². The number of fused-ring (bicyclic) bond motifs is 2. The van der Waals surface area contributed by atoms with Gasteiger partial charge in [-0.1, -0.05) is 13.8 Å². The highest BCUT2D eigenvalue weighted by Gasteiger charge is 2.44. The highest BCUT2D eigenvalue weighted by molar-refractivity contribution is 5.77. The molecule has 2 unspecified atom stereocenters. The zero-order valence-electron chi connectivity index (χ0n) is 16.7. The molecular formula is C20H37N3O2. The Bertz CT molecular complexity index is 434. The summed E-state index contributed by atoms with van der Waals surface area (Å²) in [5, 5.41) is 0. The molecule has 2 heterocycles. The fraction of sp³-hybridized carbons (Fsp3) is 0.900. The fourth-order valence-corrected chi connectivity index (χ4v) is 4.68. The summed E-state index contributed by atoms with van der Waals surface area (Å²) in [6.07, 6.45) is 8.11. The quantitative estimate of drug-likeness (QED) is 0.641. The Labute approximate surface area is 153 Å². The molecule has 0 aromatic heterocycles. The van der Waals surface area contributed by atoms with E-state index in [9.17, 15) is 9.59 Å². The second-order valence-electron chi connectivity index (χ2n) is 7.89. The first-order valence-electron chi connectivity index (χ1n) is 10.2. The first-order valence-corrected chi connectivity index (χ1v) is 10.2. The number of piperidine rings is 1. The Morgan fingerprint density at radius 3 is 2.04 bits per heavy atom. The molecule has 0 N–H and O–H groups in total. The second-order valence-corrected chi connectivity index (χ2v) is 7.89. The van der Waals surface area contributed by atoms with Gasteiger partial charge in [-0.05, 0) is 64.6 Å². The van der Waals surface area contributed by atoms with Crippen LogP contribution < -0.4 is 0 Å². The number of rotatable bonds is 9. The third-order valence-corrected chi connectivity index (χ3v) is 5.99. The Morgan fingerprint density at radius 1 is 1.00 bits per heavy atom. The standard InChI is InChI=1S/C20H37N3O2/c1-5-11-22(12-6-2)13-7-8-20(25)23-17-9-10-18(23)15-19(14-17)21(4)16(3)24/h17-19H,5-15H2,1-4H3. The highest BCUT2D eigenvalue weighted by atomic mass is 16.2. The van der Waals surface area contributed by atoms with E-state index >= 15 is 0 Å². The lowest BCUT2D eigenvalue weighted by molar-refractivity contribution is -0.138. The van der Waals surface area contributed by atoms with Gasteiger partial charge in [-0.3, -0.25) is 9.59 Å². The molecule has 2 saturated heterocycles. The van der Waals surface area contributed by atoms with Crippen LogP contribution in [0.2, 0.25) is 0 Å². The van der Waals surface area contributed by atoms with E-state index in [-0.39, 0.29) is 5.91 Å². The molecule has 0 saturated carbocycles. The molecule has 5 heteroatoms. The summed E-state index contributed by atoms with van der Waals surface area (Å²) in [5.74, 6) is 0.473. The van der Waals surface area contributed by atoms with Crippen molar-refractivity contribution in [1.29, 1.82) is 0 Å². The molecule has 144 valence electrons. The van der Waals surface area contributed by atoms with Gasteiger partial charge < -0.3 is 14.7 Å². The molecule has 0 radical (unpaired) electrons. The van der Waals surface area contributed by atoms with Gasteiger partial charge in [0.25, 0.3) is 0 Å². The van der Waals surface area contributed by atoms with E-state index in [1.165, 1.54) is 12.8 Å². The van der Waals surface area contributed by atoms with Crippen LogP contribution in [0, 0.1) is 0 Å².